The topological polar surface area (TPSA) is 65.5 Å². The molecule has 2 aromatic rings. The standard InChI is InChI=1S/C24H29FN4O2/c1-17-14-28(15-18(2)30-17)16-20-9-11-29(12-10-20)24-22(13-26)27-23(31-24)8-5-19-3-6-21(25)7-4-19/h3-8,17-18,20H,9-12,14-16H2,1-2H3/b8-5+. The summed E-state index contributed by atoms with van der Waals surface area (Å²) in [5.41, 5.74) is 1.15. The second-order valence-electron chi connectivity index (χ2n) is 8.61. The van der Waals surface area contributed by atoms with E-state index in [1.165, 1.54) is 12.1 Å². The summed E-state index contributed by atoms with van der Waals surface area (Å²) in [5, 5.41) is 9.51. The van der Waals surface area contributed by atoms with Gasteiger partial charge in [0.05, 0.1) is 12.2 Å². The van der Waals surface area contributed by atoms with Gasteiger partial charge in [0.2, 0.25) is 17.5 Å². The number of piperidine rings is 1. The molecule has 2 aliphatic heterocycles. The van der Waals surface area contributed by atoms with Gasteiger partial charge in [-0.25, -0.2) is 4.39 Å². The van der Waals surface area contributed by atoms with Gasteiger partial charge in [0.15, 0.2) is 0 Å². The van der Waals surface area contributed by atoms with Crippen LogP contribution in [0.25, 0.3) is 12.2 Å². The highest BCUT2D eigenvalue weighted by Crippen LogP contribution is 2.28. The van der Waals surface area contributed by atoms with Gasteiger partial charge in [-0.15, -0.1) is 0 Å². The van der Waals surface area contributed by atoms with Crippen molar-refractivity contribution in [1.29, 1.82) is 5.26 Å². The predicted molar refractivity (Wildman–Crippen MR) is 118 cm³/mol. The molecule has 0 bridgehead atoms. The normalized spacial score (nSPS) is 23.4. The van der Waals surface area contributed by atoms with E-state index in [0.717, 1.165) is 51.1 Å². The maximum Gasteiger partial charge on any atom is 0.235 e. The number of ether oxygens (including phenoxy) is 1. The number of halogens is 1. The first-order valence-electron chi connectivity index (χ1n) is 11.0. The molecule has 0 amide bonds. The summed E-state index contributed by atoms with van der Waals surface area (Å²) in [6.45, 7) is 9.07. The number of nitrogens with zero attached hydrogens (tertiary/aromatic N) is 4. The monoisotopic (exact) mass is 424 g/mol. The van der Waals surface area contributed by atoms with E-state index in [9.17, 15) is 9.65 Å². The van der Waals surface area contributed by atoms with Crippen LogP contribution in [0.1, 0.15) is 43.8 Å². The smallest absolute Gasteiger partial charge is 0.235 e. The van der Waals surface area contributed by atoms with E-state index in [-0.39, 0.29) is 18.0 Å². The number of hydrogen-bond donors (Lipinski definition) is 0. The fourth-order valence-electron chi connectivity index (χ4n) is 4.55. The first kappa shape index (κ1) is 21.5. The molecule has 4 rings (SSSR count). The Morgan fingerprint density at radius 2 is 1.81 bits per heavy atom. The van der Waals surface area contributed by atoms with Crippen molar-refractivity contribution in [3.05, 3.63) is 47.2 Å². The number of aromatic nitrogens is 1. The van der Waals surface area contributed by atoms with Crippen molar-refractivity contribution in [3.8, 4) is 6.07 Å². The third kappa shape index (κ3) is 5.52. The van der Waals surface area contributed by atoms with Gasteiger partial charge < -0.3 is 14.1 Å². The Morgan fingerprint density at radius 3 is 2.45 bits per heavy atom. The number of nitriles is 1. The van der Waals surface area contributed by atoms with Crippen LogP contribution >= 0.6 is 0 Å². The van der Waals surface area contributed by atoms with E-state index >= 15 is 0 Å². The Bertz CT molecular complexity index is 931. The summed E-state index contributed by atoms with van der Waals surface area (Å²) in [6, 6.07) is 8.33. The van der Waals surface area contributed by atoms with Crippen LogP contribution in [0, 0.1) is 23.1 Å². The molecular formula is C24H29FN4O2. The maximum absolute atomic E-state index is 13.0. The van der Waals surface area contributed by atoms with E-state index in [1.807, 2.05) is 0 Å². The van der Waals surface area contributed by atoms with Crippen molar-refractivity contribution in [2.45, 2.75) is 38.9 Å². The molecule has 31 heavy (non-hydrogen) atoms. The van der Waals surface area contributed by atoms with E-state index in [0.29, 0.717) is 23.4 Å². The molecule has 2 fully saturated rings. The summed E-state index contributed by atoms with van der Waals surface area (Å²) >= 11 is 0. The fourth-order valence-corrected chi connectivity index (χ4v) is 4.55. The molecule has 0 saturated carbocycles. The highest BCUT2D eigenvalue weighted by Gasteiger charge is 2.28. The van der Waals surface area contributed by atoms with Gasteiger partial charge in [0.1, 0.15) is 11.9 Å². The van der Waals surface area contributed by atoms with Gasteiger partial charge in [-0.2, -0.15) is 10.2 Å². The van der Waals surface area contributed by atoms with Crippen molar-refractivity contribution < 1.29 is 13.5 Å². The largest absolute Gasteiger partial charge is 0.420 e. The minimum absolute atomic E-state index is 0.275. The van der Waals surface area contributed by atoms with Crippen molar-refractivity contribution in [2.24, 2.45) is 5.92 Å². The molecule has 0 N–H and O–H groups in total. The molecule has 7 heteroatoms. The van der Waals surface area contributed by atoms with Gasteiger partial charge >= 0.3 is 0 Å². The number of hydrogen-bond acceptors (Lipinski definition) is 6. The molecule has 0 aliphatic carbocycles. The average molecular weight is 425 g/mol. The predicted octanol–water partition coefficient (Wildman–Crippen LogP) is 4.18. The van der Waals surface area contributed by atoms with E-state index < -0.39 is 0 Å². The fraction of sp³-hybridized carbons (Fsp3) is 0.500. The van der Waals surface area contributed by atoms with Gasteiger partial charge in [-0.05, 0) is 56.4 Å². The Hall–Kier alpha value is -2.69. The Morgan fingerprint density at radius 1 is 1.13 bits per heavy atom. The SMILES string of the molecule is CC1CN(CC2CCN(c3oc(/C=C/c4ccc(F)cc4)nc3C#N)CC2)CC(C)O1. The number of anilines is 1. The van der Waals surface area contributed by atoms with Crippen molar-refractivity contribution in [3.63, 3.8) is 0 Å². The molecule has 6 nitrogen and oxygen atoms in total. The Balaban J connectivity index is 1.36. The molecule has 2 aliphatic rings. The van der Waals surface area contributed by atoms with Crippen LogP contribution in [0.3, 0.4) is 0 Å². The van der Waals surface area contributed by atoms with Gasteiger partial charge in [0.25, 0.3) is 0 Å². The Kier molecular flexibility index (Phi) is 6.69. The van der Waals surface area contributed by atoms with Crippen LogP contribution in [0.15, 0.2) is 28.7 Å². The lowest BCUT2D eigenvalue weighted by Gasteiger charge is -2.39. The molecule has 2 unspecified atom stereocenters. The second-order valence-corrected chi connectivity index (χ2v) is 8.61. The number of morpholine rings is 1. The summed E-state index contributed by atoms with van der Waals surface area (Å²) < 4.78 is 24.8. The number of oxazole rings is 1. The number of benzene rings is 1. The van der Waals surface area contributed by atoms with E-state index in [2.05, 4.69) is 34.7 Å². The average Bonchev–Trinajstić information content (AvgIpc) is 3.16. The third-order valence-corrected chi connectivity index (χ3v) is 5.93. The van der Waals surface area contributed by atoms with E-state index in [4.69, 9.17) is 9.15 Å². The van der Waals surface area contributed by atoms with Crippen molar-refractivity contribution in [1.82, 2.24) is 9.88 Å². The van der Waals surface area contributed by atoms with Crippen molar-refractivity contribution >= 4 is 18.0 Å². The third-order valence-electron chi connectivity index (χ3n) is 5.93. The first-order chi connectivity index (χ1) is 15.0. The van der Waals surface area contributed by atoms with Gasteiger partial charge in [-0.3, -0.25) is 4.90 Å². The van der Waals surface area contributed by atoms with Crippen LogP contribution in [0.4, 0.5) is 10.3 Å². The molecule has 3 heterocycles. The quantitative estimate of drug-likeness (QED) is 0.717. The lowest BCUT2D eigenvalue weighted by Crippen LogP contribution is -2.48. The molecule has 2 atom stereocenters. The summed E-state index contributed by atoms with van der Waals surface area (Å²) in [7, 11) is 0. The molecule has 1 aromatic heterocycles. The van der Waals surface area contributed by atoms with Crippen LogP contribution < -0.4 is 4.90 Å². The van der Waals surface area contributed by atoms with E-state index in [1.54, 1.807) is 24.3 Å². The zero-order valence-corrected chi connectivity index (χ0v) is 18.1. The highest BCUT2D eigenvalue weighted by atomic mass is 19.1. The van der Waals surface area contributed by atoms with Crippen LogP contribution in [-0.4, -0.2) is 54.8 Å². The lowest BCUT2D eigenvalue weighted by atomic mass is 9.95. The van der Waals surface area contributed by atoms with Crippen LogP contribution in [0.2, 0.25) is 0 Å². The summed E-state index contributed by atoms with van der Waals surface area (Å²) in [4.78, 5) is 8.96. The molecule has 0 spiro atoms. The minimum Gasteiger partial charge on any atom is -0.420 e. The zero-order valence-electron chi connectivity index (χ0n) is 18.1. The second kappa shape index (κ2) is 9.63. The molecule has 164 valence electrons. The highest BCUT2D eigenvalue weighted by molar-refractivity contribution is 5.67. The van der Waals surface area contributed by atoms with Crippen LogP contribution in [-0.2, 0) is 4.74 Å². The first-order valence-corrected chi connectivity index (χ1v) is 11.0. The number of rotatable bonds is 5. The molecule has 2 saturated heterocycles. The van der Waals surface area contributed by atoms with Gasteiger partial charge in [-0.1, -0.05) is 12.1 Å². The summed E-state index contributed by atoms with van der Waals surface area (Å²) in [5.74, 6) is 1.30. The molecular weight excluding hydrogens is 395 g/mol. The van der Waals surface area contributed by atoms with Gasteiger partial charge in [0, 0.05) is 38.8 Å². The summed E-state index contributed by atoms with van der Waals surface area (Å²) in [6.07, 6.45) is 6.21. The molecule has 1 aromatic carbocycles. The zero-order chi connectivity index (χ0) is 21.8. The lowest BCUT2D eigenvalue weighted by molar-refractivity contribution is -0.0720. The minimum atomic E-state index is -0.275. The van der Waals surface area contributed by atoms with Crippen LogP contribution in [0.5, 0.6) is 0 Å². The van der Waals surface area contributed by atoms with Crippen molar-refractivity contribution in [2.75, 3.05) is 37.6 Å². The maximum atomic E-state index is 13.0. The Labute approximate surface area is 182 Å². The molecule has 0 radical (unpaired) electrons.